The lowest BCUT2D eigenvalue weighted by atomic mass is 10.2. The topological polar surface area (TPSA) is 42.7 Å². The fourth-order valence-corrected chi connectivity index (χ4v) is 1.79. The SMILES string of the molecule is C=CCNCc1nnc2n1CCCC2. The van der Waals surface area contributed by atoms with Crippen molar-refractivity contribution in [1.29, 1.82) is 0 Å². The number of hydrogen-bond donors (Lipinski definition) is 1. The fraction of sp³-hybridized carbons (Fsp3) is 0.600. The van der Waals surface area contributed by atoms with Crippen LogP contribution in [0.5, 0.6) is 0 Å². The Morgan fingerprint density at radius 1 is 1.43 bits per heavy atom. The van der Waals surface area contributed by atoms with Gasteiger partial charge in [-0.25, -0.2) is 0 Å². The quantitative estimate of drug-likeness (QED) is 0.569. The van der Waals surface area contributed by atoms with Crippen LogP contribution in [0.1, 0.15) is 24.5 Å². The van der Waals surface area contributed by atoms with Gasteiger partial charge in [0.25, 0.3) is 0 Å². The van der Waals surface area contributed by atoms with Crippen LogP contribution < -0.4 is 5.32 Å². The van der Waals surface area contributed by atoms with E-state index in [1.807, 2.05) is 6.08 Å². The third-order valence-corrected chi connectivity index (χ3v) is 2.51. The van der Waals surface area contributed by atoms with Crippen LogP contribution in [-0.2, 0) is 19.5 Å². The number of fused-ring (bicyclic) bond motifs is 1. The first-order chi connectivity index (χ1) is 6.92. The van der Waals surface area contributed by atoms with Gasteiger partial charge < -0.3 is 9.88 Å². The minimum atomic E-state index is 0.791. The number of aryl methyl sites for hydroxylation is 1. The number of aromatic nitrogens is 3. The molecular formula is C10H16N4. The van der Waals surface area contributed by atoms with Crippen molar-refractivity contribution in [2.45, 2.75) is 32.4 Å². The summed E-state index contributed by atoms with van der Waals surface area (Å²) in [6.07, 6.45) is 5.43. The summed E-state index contributed by atoms with van der Waals surface area (Å²) in [7, 11) is 0. The number of hydrogen-bond acceptors (Lipinski definition) is 3. The van der Waals surface area contributed by atoms with E-state index in [2.05, 4.69) is 26.7 Å². The van der Waals surface area contributed by atoms with Crippen LogP contribution in [0.2, 0.25) is 0 Å². The molecular weight excluding hydrogens is 176 g/mol. The van der Waals surface area contributed by atoms with Crippen LogP contribution in [0.25, 0.3) is 0 Å². The van der Waals surface area contributed by atoms with Crippen LogP contribution in [0.15, 0.2) is 12.7 Å². The maximum Gasteiger partial charge on any atom is 0.147 e. The van der Waals surface area contributed by atoms with Crippen LogP contribution >= 0.6 is 0 Å². The second-order valence-corrected chi connectivity index (χ2v) is 3.56. The monoisotopic (exact) mass is 192 g/mol. The predicted octanol–water partition coefficient (Wildman–Crippen LogP) is 0.890. The number of rotatable bonds is 4. The summed E-state index contributed by atoms with van der Waals surface area (Å²) in [4.78, 5) is 0. The first-order valence-electron chi connectivity index (χ1n) is 5.14. The highest BCUT2D eigenvalue weighted by atomic mass is 15.3. The summed E-state index contributed by atoms with van der Waals surface area (Å²) in [5.74, 6) is 2.20. The van der Waals surface area contributed by atoms with Gasteiger partial charge in [0.05, 0.1) is 6.54 Å². The van der Waals surface area contributed by atoms with Crippen LogP contribution in [0.3, 0.4) is 0 Å². The molecule has 14 heavy (non-hydrogen) atoms. The summed E-state index contributed by atoms with van der Waals surface area (Å²) < 4.78 is 2.24. The van der Waals surface area contributed by atoms with Gasteiger partial charge in [0, 0.05) is 19.5 Å². The van der Waals surface area contributed by atoms with Crippen molar-refractivity contribution in [3.8, 4) is 0 Å². The van der Waals surface area contributed by atoms with E-state index in [0.29, 0.717) is 0 Å². The molecule has 0 spiro atoms. The molecule has 0 amide bonds. The minimum Gasteiger partial charge on any atom is -0.314 e. The van der Waals surface area contributed by atoms with Crippen molar-refractivity contribution in [3.63, 3.8) is 0 Å². The molecule has 0 bridgehead atoms. The molecule has 76 valence electrons. The summed E-state index contributed by atoms with van der Waals surface area (Å²) in [6.45, 7) is 6.35. The molecule has 0 radical (unpaired) electrons. The van der Waals surface area contributed by atoms with E-state index >= 15 is 0 Å². The van der Waals surface area contributed by atoms with Gasteiger partial charge >= 0.3 is 0 Å². The minimum absolute atomic E-state index is 0.791. The predicted molar refractivity (Wildman–Crippen MR) is 54.9 cm³/mol. The van der Waals surface area contributed by atoms with E-state index < -0.39 is 0 Å². The molecule has 0 fully saturated rings. The van der Waals surface area contributed by atoms with Crippen LogP contribution in [0.4, 0.5) is 0 Å². The third kappa shape index (κ3) is 1.85. The van der Waals surface area contributed by atoms with Gasteiger partial charge in [0.15, 0.2) is 0 Å². The van der Waals surface area contributed by atoms with Gasteiger partial charge in [-0.05, 0) is 12.8 Å². The standard InChI is InChI=1S/C10H16N4/c1-2-6-11-8-10-13-12-9-5-3-4-7-14(9)10/h2,11H,1,3-8H2. The van der Waals surface area contributed by atoms with E-state index in [1.165, 1.54) is 12.8 Å². The fourth-order valence-electron chi connectivity index (χ4n) is 1.79. The van der Waals surface area contributed by atoms with Crippen molar-refractivity contribution in [3.05, 3.63) is 24.3 Å². The molecule has 0 aliphatic carbocycles. The second kappa shape index (κ2) is 4.37. The summed E-state index contributed by atoms with van der Waals surface area (Å²) in [6, 6.07) is 0. The highest BCUT2D eigenvalue weighted by molar-refractivity contribution is 4.98. The highest BCUT2D eigenvalue weighted by Gasteiger charge is 2.14. The van der Waals surface area contributed by atoms with Crippen molar-refractivity contribution in [2.75, 3.05) is 6.54 Å². The zero-order valence-corrected chi connectivity index (χ0v) is 8.37. The van der Waals surface area contributed by atoms with Gasteiger partial charge in [0.1, 0.15) is 11.6 Å². The second-order valence-electron chi connectivity index (χ2n) is 3.56. The number of nitrogens with zero attached hydrogens (tertiary/aromatic N) is 3. The van der Waals surface area contributed by atoms with Crippen molar-refractivity contribution in [1.82, 2.24) is 20.1 Å². The number of nitrogens with one attached hydrogen (secondary N) is 1. The normalized spacial score (nSPS) is 15.1. The van der Waals surface area contributed by atoms with Gasteiger partial charge in [-0.3, -0.25) is 0 Å². The molecule has 4 nitrogen and oxygen atoms in total. The first kappa shape index (κ1) is 9.40. The molecule has 0 saturated carbocycles. The van der Waals surface area contributed by atoms with Gasteiger partial charge in [-0.15, -0.1) is 16.8 Å². The van der Waals surface area contributed by atoms with E-state index in [4.69, 9.17) is 0 Å². The van der Waals surface area contributed by atoms with E-state index in [1.54, 1.807) is 0 Å². The van der Waals surface area contributed by atoms with E-state index in [-0.39, 0.29) is 0 Å². The van der Waals surface area contributed by atoms with Crippen LogP contribution in [0, 0.1) is 0 Å². The Kier molecular flexibility index (Phi) is 2.93. The molecule has 0 aromatic carbocycles. The Morgan fingerprint density at radius 3 is 3.21 bits per heavy atom. The van der Waals surface area contributed by atoms with Gasteiger partial charge in [0.2, 0.25) is 0 Å². The van der Waals surface area contributed by atoms with Crippen molar-refractivity contribution < 1.29 is 0 Å². The Hall–Kier alpha value is -1.16. The summed E-state index contributed by atoms with van der Waals surface area (Å²) in [5.41, 5.74) is 0. The first-order valence-corrected chi connectivity index (χ1v) is 5.14. The molecule has 1 aliphatic rings. The molecule has 0 atom stereocenters. The van der Waals surface area contributed by atoms with E-state index in [0.717, 1.165) is 37.7 Å². The molecule has 1 aliphatic heterocycles. The van der Waals surface area contributed by atoms with E-state index in [9.17, 15) is 0 Å². The zero-order chi connectivity index (χ0) is 9.80. The summed E-state index contributed by atoms with van der Waals surface area (Å²) in [5, 5.41) is 11.6. The van der Waals surface area contributed by atoms with Gasteiger partial charge in [-0.1, -0.05) is 6.08 Å². The molecule has 1 aromatic heterocycles. The lowest BCUT2D eigenvalue weighted by Crippen LogP contribution is -2.19. The van der Waals surface area contributed by atoms with Crippen molar-refractivity contribution >= 4 is 0 Å². The molecule has 2 rings (SSSR count). The molecule has 4 heteroatoms. The van der Waals surface area contributed by atoms with Crippen LogP contribution in [-0.4, -0.2) is 21.3 Å². The highest BCUT2D eigenvalue weighted by Crippen LogP contribution is 2.13. The lowest BCUT2D eigenvalue weighted by Gasteiger charge is -2.14. The van der Waals surface area contributed by atoms with Gasteiger partial charge in [-0.2, -0.15) is 0 Å². The molecule has 0 saturated heterocycles. The molecule has 2 heterocycles. The average Bonchev–Trinajstić information content (AvgIpc) is 2.63. The largest absolute Gasteiger partial charge is 0.314 e. The average molecular weight is 192 g/mol. The maximum atomic E-state index is 4.19. The molecule has 1 aromatic rings. The Labute approximate surface area is 84.0 Å². The molecule has 1 N–H and O–H groups in total. The zero-order valence-electron chi connectivity index (χ0n) is 8.37. The Balaban J connectivity index is 2.02. The Bertz CT molecular complexity index is 316. The molecule has 0 unspecified atom stereocenters. The van der Waals surface area contributed by atoms with Crippen molar-refractivity contribution in [2.24, 2.45) is 0 Å². The lowest BCUT2D eigenvalue weighted by molar-refractivity contribution is 0.500. The smallest absolute Gasteiger partial charge is 0.147 e. The maximum absolute atomic E-state index is 4.19. The third-order valence-electron chi connectivity index (χ3n) is 2.51. The Morgan fingerprint density at radius 2 is 2.36 bits per heavy atom. The summed E-state index contributed by atoms with van der Waals surface area (Å²) >= 11 is 0.